The van der Waals surface area contributed by atoms with Crippen molar-refractivity contribution in [3.8, 4) is 0 Å². The molecule has 8 heteroatoms. The van der Waals surface area contributed by atoms with Crippen molar-refractivity contribution in [1.29, 1.82) is 0 Å². The molecule has 3 rings (SSSR count). The second kappa shape index (κ2) is 8.54. The Labute approximate surface area is 161 Å². The van der Waals surface area contributed by atoms with Crippen molar-refractivity contribution in [2.45, 2.75) is 42.5 Å². The molecule has 2 amide bonds. The maximum absolute atomic E-state index is 12.7. The fourth-order valence-electron chi connectivity index (χ4n) is 3.78. The van der Waals surface area contributed by atoms with Crippen molar-refractivity contribution in [3.05, 3.63) is 29.8 Å². The number of carbonyl (C=O) groups excluding carboxylic acids is 2. The fourth-order valence-corrected chi connectivity index (χ4v) is 4.44. The first-order valence-electron chi connectivity index (χ1n) is 9.25. The van der Waals surface area contributed by atoms with Crippen LogP contribution in [0.3, 0.4) is 0 Å². The molecule has 2 aliphatic rings. The summed E-state index contributed by atoms with van der Waals surface area (Å²) in [6.45, 7) is 1.57. The van der Waals surface area contributed by atoms with Gasteiger partial charge in [-0.1, -0.05) is 25.0 Å². The van der Waals surface area contributed by atoms with E-state index in [9.17, 15) is 22.8 Å². The van der Waals surface area contributed by atoms with E-state index in [-0.39, 0.29) is 28.1 Å². The van der Waals surface area contributed by atoms with Crippen LogP contribution >= 0.6 is 11.8 Å². The molecular formula is C19H23F3N2O2S. The molecule has 148 valence electrons. The highest BCUT2D eigenvalue weighted by Crippen LogP contribution is 2.38. The molecule has 2 fully saturated rings. The zero-order chi connectivity index (χ0) is 19.4. The van der Waals surface area contributed by atoms with E-state index >= 15 is 0 Å². The summed E-state index contributed by atoms with van der Waals surface area (Å²) < 4.78 is 38.2. The van der Waals surface area contributed by atoms with E-state index in [0.29, 0.717) is 38.5 Å². The van der Waals surface area contributed by atoms with Gasteiger partial charge in [-0.05, 0) is 42.7 Å². The average molecular weight is 400 g/mol. The second-order valence-corrected chi connectivity index (χ2v) is 8.18. The van der Waals surface area contributed by atoms with Crippen LogP contribution in [0.2, 0.25) is 0 Å². The third-order valence-corrected chi connectivity index (χ3v) is 6.01. The van der Waals surface area contributed by atoms with Crippen LogP contribution in [0, 0.1) is 5.92 Å². The lowest BCUT2D eigenvalue weighted by molar-refractivity contribution is -0.133. The highest BCUT2D eigenvalue weighted by atomic mass is 32.2. The molecule has 0 aromatic heterocycles. The van der Waals surface area contributed by atoms with Gasteiger partial charge in [0.25, 0.3) is 5.91 Å². The van der Waals surface area contributed by atoms with E-state index in [1.807, 2.05) is 0 Å². The van der Waals surface area contributed by atoms with Crippen LogP contribution in [0.4, 0.5) is 13.2 Å². The van der Waals surface area contributed by atoms with E-state index in [0.717, 1.165) is 12.8 Å². The minimum atomic E-state index is -4.44. The lowest BCUT2D eigenvalue weighted by Gasteiger charge is -2.35. The van der Waals surface area contributed by atoms with E-state index < -0.39 is 11.4 Å². The van der Waals surface area contributed by atoms with E-state index in [1.54, 1.807) is 11.0 Å². The Bertz CT molecular complexity index is 682. The summed E-state index contributed by atoms with van der Waals surface area (Å²) in [7, 11) is 0. The number of piperazine rings is 1. The standard InChI is InChI=1S/C19H23F3N2O2S/c20-19(21,22)27-16-8-4-3-7-15(16)18(26)24-11-9-23(10-12-24)17(25)13-14-5-1-2-6-14/h3-4,7-8,14H,1-2,5-6,9-13H2. The Morgan fingerprint density at radius 1 is 1.00 bits per heavy atom. The summed E-state index contributed by atoms with van der Waals surface area (Å²) in [6.07, 6.45) is 5.17. The summed E-state index contributed by atoms with van der Waals surface area (Å²) in [5.74, 6) is 0.190. The van der Waals surface area contributed by atoms with Gasteiger partial charge in [-0.15, -0.1) is 0 Å². The average Bonchev–Trinajstić information content (AvgIpc) is 3.13. The third kappa shape index (κ3) is 5.40. The van der Waals surface area contributed by atoms with Crippen LogP contribution in [0.15, 0.2) is 29.2 Å². The lowest BCUT2D eigenvalue weighted by atomic mass is 10.0. The molecule has 1 saturated carbocycles. The van der Waals surface area contributed by atoms with Crippen molar-refractivity contribution in [2.24, 2.45) is 5.92 Å². The van der Waals surface area contributed by atoms with Crippen molar-refractivity contribution in [1.82, 2.24) is 9.80 Å². The number of halogens is 3. The minimum Gasteiger partial charge on any atom is -0.339 e. The highest BCUT2D eigenvalue weighted by molar-refractivity contribution is 8.00. The molecule has 1 aliphatic heterocycles. The second-order valence-electron chi connectivity index (χ2n) is 7.07. The van der Waals surface area contributed by atoms with Gasteiger partial charge in [0.1, 0.15) is 0 Å². The molecular weight excluding hydrogens is 377 g/mol. The molecule has 1 aromatic carbocycles. The molecule has 0 bridgehead atoms. The Kier molecular flexibility index (Phi) is 6.34. The normalized spacial score (nSPS) is 18.8. The van der Waals surface area contributed by atoms with E-state index in [2.05, 4.69) is 0 Å². The number of hydrogen-bond donors (Lipinski definition) is 0. The monoisotopic (exact) mass is 400 g/mol. The molecule has 1 aliphatic carbocycles. The molecule has 27 heavy (non-hydrogen) atoms. The third-order valence-electron chi connectivity index (χ3n) is 5.20. The summed E-state index contributed by atoms with van der Waals surface area (Å²) in [5.41, 5.74) is -4.38. The van der Waals surface area contributed by atoms with Gasteiger partial charge < -0.3 is 9.80 Å². The topological polar surface area (TPSA) is 40.6 Å². The molecule has 1 saturated heterocycles. The first-order valence-corrected chi connectivity index (χ1v) is 10.1. The van der Waals surface area contributed by atoms with Crippen LogP contribution in [-0.2, 0) is 4.79 Å². The fraction of sp³-hybridized carbons (Fsp3) is 0.579. The molecule has 1 aromatic rings. The first kappa shape index (κ1) is 20.0. The molecule has 0 atom stereocenters. The van der Waals surface area contributed by atoms with E-state index in [1.165, 1.54) is 35.9 Å². The maximum atomic E-state index is 12.7. The first-order chi connectivity index (χ1) is 12.8. The number of nitrogens with zero attached hydrogens (tertiary/aromatic N) is 2. The van der Waals surface area contributed by atoms with Gasteiger partial charge in [0.2, 0.25) is 5.91 Å². The maximum Gasteiger partial charge on any atom is 0.446 e. The van der Waals surface area contributed by atoms with Crippen LogP contribution in [0.1, 0.15) is 42.5 Å². The summed E-state index contributed by atoms with van der Waals surface area (Å²) in [4.78, 5) is 28.3. The number of carbonyl (C=O) groups is 2. The van der Waals surface area contributed by atoms with Crippen molar-refractivity contribution in [3.63, 3.8) is 0 Å². The van der Waals surface area contributed by atoms with Gasteiger partial charge in [-0.2, -0.15) is 13.2 Å². The van der Waals surface area contributed by atoms with E-state index in [4.69, 9.17) is 0 Å². The Balaban J connectivity index is 1.58. The highest BCUT2D eigenvalue weighted by Gasteiger charge is 2.33. The van der Waals surface area contributed by atoms with Gasteiger partial charge in [0.05, 0.1) is 5.56 Å². The molecule has 0 spiro atoms. The number of alkyl halides is 3. The van der Waals surface area contributed by atoms with Crippen molar-refractivity contribution in [2.75, 3.05) is 26.2 Å². The summed E-state index contributed by atoms with van der Waals surface area (Å²) in [6, 6.07) is 5.79. The zero-order valence-corrected chi connectivity index (χ0v) is 15.8. The van der Waals surface area contributed by atoms with Gasteiger partial charge in [0.15, 0.2) is 0 Å². The smallest absolute Gasteiger partial charge is 0.339 e. The predicted octanol–water partition coefficient (Wildman–Crippen LogP) is 4.16. The van der Waals surface area contributed by atoms with Crippen LogP contribution in [-0.4, -0.2) is 53.3 Å². The SMILES string of the molecule is O=C(CC1CCCC1)N1CCN(C(=O)c2ccccc2SC(F)(F)F)CC1. The number of thioether (sulfide) groups is 1. The number of rotatable bonds is 4. The quantitative estimate of drug-likeness (QED) is 0.713. The molecule has 0 unspecified atom stereocenters. The largest absolute Gasteiger partial charge is 0.446 e. The number of amides is 2. The number of hydrogen-bond acceptors (Lipinski definition) is 3. The van der Waals surface area contributed by atoms with Crippen molar-refractivity contribution >= 4 is 23.6 Å². The predicted molar refractivity (Wildman–Crippen MR) is 97.4 cm³/mol. The zero-order valence-electron chi connectivity index (χ0n) is 15.0. The molecule has 1 heterocycles. The molecule has 0 N–H and O–H groups in total. The minimum absolute atomic E-state index is 0.0607. The summed E-state index contributed by atoms with van der Waals surface area (Å²) in [5, 5.41) is 0. The molecule has 4 nitrogen and oxygen atoms in total. The van der Waals surface area contributed by atoms with Crippen LogP contribution in [0.25, 0.3) is 0 Å². The Morgan fingerprint density at radius 3 is 2.22 bits per heavy atom. The molecule has 0 radical (unpaired) electrons. The van der Waals surface area contributed by atoms with Crippen LogP contribution < -0.4 is 0 Å². The van der Waals surface area contributed by atoms with Gasteiger partial charge in [0, 0.05) is 37.5 Å². The lowest BCUT2D eigenvalue weighted by Crippen LogP contribution is -2.50. The number of benzene rings is 1. The van der Waals surface area contributed by atoms with Gasteiger partial charge in [-0.25, -0.2) is 0 Å². The van der Waals surface area contributed by atoms with Crippen molar-refractivity contribution < 1.29 is 22.8 Å². The van der Waals surface area contributed by atoms with Gasteiger partial charge in [-0.3, -0.25) is 9.59 Å². The Hall–Kier alpha value is -1.70. The van der Waals surface area contributed by atoms with Crippen LogP contribution in [0.5, 0.6) is 0 Å². The summed E-state index contributed by atoms with van der Waals surface area (Å²) >= 11 is -0.269. The Morgan fingerprint density at radius 2 is 1.59 bits per heavy atom. The van der Waals surface area contributed by atoms with Gasteiger partial charge >= 0.3 is 5.51 Å².